The van der Waals surface area contributed by atoms with E-state index in [4.69, 9.17) is 16.0 Å². The molecule has 1 N–H and O–H groups in total. The first-order chi connectivity index (χ1) is 11.9. The number of carbonyl (C=O) groups excluding carboxylic acids is 1. The van der Waals surface area contributed by atoms with Crippen molar-refractivity contribution < 1.29 is 17.6 Å². The highest BCUT2D eigenvalue weighted by Crippen LogP contribution is 2.21. The van der Waals surface area contributed by atoms with Crippen molar-refractivity contribution in [3.8, 4) is 0 Å². The summed E-state index contributed by atoms with van der Waals surface area (Å²) in [6, 6.07) is 9.74. The molecule has 1 saturated heterocycles. The first-order valence-corrected chi connectivity index (χ1v) is 9.81. The van der Waals surface area contributed by atoms with E-state index in [0.29, 0.717) is 30.8 Å². The van der Waals surface area contributed by atoms with Gasteiger partial charge >= 0.3 is 0 Å². The molecule has 134 valence electrons. The van der Waals surface area contributed by atoms with Gasteiger partial charge in [-0.1, -0.05) is 17.7 Å². The van der Waals surface area contributed by atoms with Crippen LogP contribution in [0, 0.1) is 6.92 Å². The number of amides is 1. The number of rotatable bonds is 4. The SMILES string of the molecule is Cc1ccc(S(=O)(=O)N2CCC(NC(=O)c3ccc(Cl)o3)CC2)cc1. The number of hydrogen-bond acceptors (Lipinski definition) is 4. The molecule has 1 aliphatic heterocycles. The number of aryl methyl sites for hydroxylation is 1. The highest BCUT2D eigenvalue weighted by molar-refractivity contribution is 7.89. The van der Waals surface area contributed by atoms with Gasteiger partial charge in [-0.05, 0) is 55.6 Å². The Morgan fingerprint density at radius 2 is 1.80 bits per heavy atom. The van der Waals surface area contributed by atoms with E-state index in [-0.39, 0.29) is 22.9 Å². The zero-order chi connectivity index (χ0) is 18.0. The van der Waals surface area contributed by atoms with E-state index in [2.05, 4.69) is 5.32 Å². The fourth-order valence-electron chi connectivity index (χ4n) is 2.79. The van der Waals surface area contributed by atoms with Crippen molar-refractivity contribution in [1.82, 2.24) is 9.62 Å². The lowest BCUT2D eigenvalue weighted by Gasteiger charge is -2.31. The lowest BCUT2D eigenvalue weighted by atomic mass is 10.1. The Kier molecular flexibility index (Phi) is 5.17. The maximum atomic E-state index is 12.7. The van der Waals surface area contributed by atoms with Gasteiger partial charge in [-0.3, -0.25) is 4.79 Å². The van der Waals surface area contributed by atoms with Crippen molar-refractivity contribution in [2.75, 3.05) is 13.1 Å². The summed E-state index contributed by atoms with van der Waals surface area (Å²) in [7, 11) is -3.49. The molecule has 0 atom stereocenters. The third kappa shape index (κ3) is 4.05. The zero-order valence-electron chi connectivity index (χ0n) is 13.7. The van der Waals surface area contributed by atoms with Gasteiger partial charge in [0.05, 0.1) is 4.90 Å². The number of carbonyl (C=O) groups is 1. The minimum Gasteiger partial charge on any atom is -0.440 e. The Bertz CT molecular complexity index is 853. The van der Waals surface area contributed by atoms with Crippen LogP contribution in [0.3, 0.4) is 0 Å². The van der Waals surface area contributed by atoms with Crippen molar-refractivity contribution in [3.63, 3.8) is 0 Å². The van der Waals surface area contributed by atoms with Crippen LogP contribution in [0.4, 0.5) is 0 Å². The van der Waals surface area contributed by atoms with Crippen LogP contribution in [0.5, 0.6) is 0 Å². The van der Waals surface area contributed by atoms with Crippen molar-refractivity contribution in [1.29, 1.82) is 0 Å². The maximum absolute atomic E-state index is 12.7. The van der Waals surface area contributed by atoms with Crippen LogP contribution >= 0.6 is 11.6 Å². The van der Waals surface area contributed by atoms with E-state index < -0.39 is 10.0 Å². The quantitative estimate of drug-likeness (QED) is 0.881. The van der Waals surface area contributed by atoms with Gasteiger partial charge in [0.2, 0.25) is 10.0 Å². The second kappa shape index (κ2) is 7.19. The van der Waals surface area contributed by atoms with E-state index >= 15 is 0 Å². The molecule has 0 radical (unpaired) electrons. The van der Waals surface area contributed by atoms with Crippen molar-refractivity contribution >= 4 is 27.5 Å². The van der Waals surface area contributed by atoms with E-state index in [1.165, 1.54) is 16.4 Å². The average molecular weight is 383 g/mol. The van der Waals surface area contributed by atoms with Gasteiger partial charge in [0.1, 0.15) is 0 Å². The summed E-state index contributed by atoms with van der Waals surface area (Å²) in [5.41, 5.74) is 1.01. The maximum Gasteiger partial charge on any atom is 0.287 e. The summed E-state index contributed by atoms with van der Waals surface area (Å²) >= 11 is 5.66. The first-order valence-electron chi connectivity index (χ1n) is 7.99. The third-order valence-electron chi connectivity index (χ3n) is 4.24. The Labute approximate surface area is 151 Å². The molecule has 3 rings (SSSR count). The zero-order valence-corrected chi connectivity index (χ0v) is 15.3. The fraction of sp³-hybridized carbons (Fsp3) is 0.353. The van der Waals surface area contributed by atoms with Gasteiger partial charge in [0.15, 0.2) is 11.0 Å². The average Bonchev–Trinajstić information content (AvgIpc) is 3.02. The Hall–Kier alpha value is -1.83. The molecule has 0 spiro atoms. The lowest BCUT2D eigenvalue weighted by molar-refractivity contribution is 0.0896. The number of hydrogen-bond donors (Lipinski definition) is 1. The Morgan fingerprint density at radius 3 is 2.36 bits per heavy atom. The molecular formula is C17H19ClN2O4S. The molecule has 0 saturated carbocycles. The van der Waals surface area contributed by atoms with Crippen LogP contribution in [-0.2, 0) is 10.0 Å². The third-order valence-corrected chi connectivity index (χ3v) is 6.36. The summed E-state index contributed by atoms with van der Waals surface area (Å²) in [5.74, 6) is -0.188. The Balaban J connectivity index is 1.59. The van der Waals surface area contributed by atoms with Gasteiger partial charge in [-0.15, -0.1) is 0 Å². The van der Waals surface area contributed by atoms with Crippen LogP contribution in [-0.4, -0.2) is 37.8 Å². The van der Waals surface area contributed by atoms with Gasteiger partial charge < -0.3 is 9.73 Å². The molecule has 25 heavy (non-hydrogen) atoms. The predicted octanol–water partition coefficient (Wildman–Crippen LogP) is 2.82. The highest BCUT2D eigenvalue weighted by atomic mass is 35.5. The summed E-state index contributed by atoms with van der Waals surface area (Å²) in [6.07, 6.45) is 1.09. The van der Waals surface area contributed by atoms with E-state index in [0.717, 1.165) is 5.56 Å². The number of piperidine rings is 1. The van der Waals surface area contributed by atoms with Crippen LogP contribution in [0.1, 0.15) is 29.0 Å². The summed E-state index contributed by atoms with van der Waals surface area (Å²) in [5, 5.41) is 3.01. The van der Waals surface area contributed by atoms with Crippen molar-refractivity contribution in [2.24, 2.45) is 0 Å². The Morgan fingerprint density at radius 1 is 1.16 bits per heavy atom. The summed E-state index contributed by atoms with van der Waals surface area (Å²) in [6.45, 7) is 2.64. The number of halogens is 1. The smallest absolute Gasteiger partial charge is 0.287 e. The molecule has 1 aromatic heterocycles. The monoisotopic (exact) mass is 382 g/mol. The molecule has 0 bridgehead atoms. The van der Waals surface area contributed by atoms with Gasteiger partial charge in [0, 0.05) is 19.1 Å². The minimum atomic E-state index is -3.49. The predicted molar refractivity (Wildman–Crippen MR) is 94.1 cm³/mol. The summed E-state index contributed by atoms with van der Waals surface area (Å²) < 4.78 is 31.9. The van der Waals surface area contributed by atoms with Gasteiger partial charge in [0.25, 0.3) is 5.91 Å². The number of sulfonamides is 1. The normalized spacial score (nSPS) is 16.7. The van der Waals surface area contributed by atoms with E-state index in [1.54, 1.807) is 24.3 Å². The molecular weight excluding hydrogens is 364 g/mol. The minimum absolute atomic E-state index is 0.0964. The highest BCUT2D eigenvalue weighted by Gasteiger charge is 2.30. The number of nitrogens with one attached hydrogen (secondary N) is 1. The van der Waals surface area contributed by atoms with Crippen LogP contribution in [0.2, 0.25) is 5.22 Å². The van der Waals surface area contributed by atoms with Crippen LogP contribution in [0.15, 0.2) is 45.7 Å². The van der Waals surface area contributed by atoms with Gasteiger partial charge in [-0.25, -0.2) is 8.42 Å². The number of furan rings is 1. The van der Waals surface area contributed by atoms with E-state index in [1.807, 2.05) is 6.92 Å². The molecule has 0 aliphatic carbocycles. The topological polar surface area (TPSA) is 79.6 Å². The van der Waals surface area contributed by atoms with Gasteiger partial charge in [-0.2, -0.15) is 4.31 Å². The fourth-order valence-corrected chi connectivity index (χ4v) is 4.41. The molecule has 1 aliphatic rings. The molecule has 1 amide bonds. The molecule has 6 nitrogen and oxygen atoms in total. The standard InChI is InChI=1S/C17H19ClN2O4S/c1-12-2-4-14(5-3-12)25(22,23)20-10-8-13(9-11-20)19-17(21)15-6-7-16(18)24-15/h2-7,13H,8-11H2,1H3,(H,19,21). The van der Waals surface area contributed by atoms with Crippen molar-refractivity contribution in [3.05, 3.63) is 52.9 Å². The molecule has 2 heterocycles. The molecule has 1 fully saturated rings. The second-order valence-corrected chi connectivity index (χ2v) is 8.38. The van der Waals surface area contributed by atoms with E-state index in [9.17, 15) is 13.2 Å². The molecule has 8 heteroatoms. The number of benzene rings is 1. The lowest BCUT2D eigenvalue weighted by Crippen LogP contribution is -2.46. The van der Waals surface area contributed by atoms with Crippen molar-refractivity contribution in [2.45, 2.75) is 30.7 Å². The van der Waals surface area contributed by atoms with Crippen LogP contribution in [0.25, 0.3) is 0 Å². The largest absolute Gasteiger partial charge is 0.440 e. The first kappa shape index (κ1) is 18.0. The van der Waals surface area contributed by atoms with Crippen LogP contribution < -0.4 is 5.32 Å². The molecule has 1 aromatic carbocycles. The number of nitrogens with zero attached hydrogens (tertiary/aromatic N) is 1. The second-order valence-electron chi connectivity index (χ2n) is 6.07. The molecule has 2 aromatic rings. The molecule has 0 unspecified atom stereocenters. The summed E-state index contributed by atoms with van der Waals surface area (Å²) in [4.78, 5) is 12.4.